The molecule has 1 aliphatic carbocycles. The van der Waals surface area contributed by atoms with Crippen LogP contribution in [0.25, 0.3) is 6.08 Å². The number of nitrogens with zero attached hydrogens (tertiary/aromatic N) is 1. The molecule has 0 radical (unpaired) electrons. The Morgan fingerprint density at radius 3 is 2.71 bits per heavy atom. The molecule has 3 aliphatic rings. The van der Waals surface area contributed by atoms with Crippen molar-refractivity contribution in [3.05, 3.63) is 45.5 Å². The van der Waals surface area contributed by atoms with Crippen molar-refractivity contribution in [2.24, 2.45) is 23.7 Å². The molecule has 31 heavy (non-hydrogen) atoms. The Balaban J connectivity index is 1.54. The number of phenols is 1. The molecule has 2 heterocycles. The van der Waals surface area contributed by atoms with Gasteiger partial charge in [0.2, 0.25) is 11.8 Å². The number of carbonyl (C=O) groups is 2. The van der Waals surface area contributed by atoms with E-state index in [0.29, 0.717) is 24.0 Å². The molecule has 4 atom stereocenters. The molecule has 1 aromatic carbocycles. The summed E-state index contributed by atoms with van der Waals surface area (Å²) in [5, 5.41) is 10.1. The van der Waals surface area contributed by atoms with Crippen LogP contribution in [0, 0.1) is 23.7 Å². The van der Waals surface area contributed by atoms with Gasteiger partial charge in [-0.25, -0.2) is 0 Å². The van der Waals surface area contributed by atoms with Crippen LogP contribution >= 0.6 is 11.6 Å². The molecule has 2 amide bonds. The van der Waals surface area contributed by atoms with Crippen molar-refractivity contribution in [3.63, 3.8) is 0 Å². The topological polar surface area (TPSA) is 66.8 Å². The summed E-state index contributed by atoms with van der Waals surface area (Å²) in [4.78, 5) is 26.7. The lowest BCUT2D eigenvalue weighted by atomic mass is 9.67. The molecule has 1 aromatic rings. The van der Waals surface area contributed by atoms with E-state index in [0.717, 1.165) is 18.4 Å². The Labute approximate surface area is 188 Å². The number of hydrogen-bond acceptors (Lipinski definition) is 4. The Morgan fingerprint density at radius 1 is 1.29 bits per heavy atom. The summed E-state index contributed by atoms with van der Waals surface area (Å²) in [5.41, 5.74) is 4.62. The highest BCUT2D eigenvalue weighted by Gasteiger charge is 2.56. The van der Waals surface area contributed by atoms with Gasteiger partial charge in [-0.15, -0.1) is 0 Å². The van der Waals surface area contributed by atoms with Crippen LogP contribution in [0.5, 0.6) is 5.75 Å². The van der Waals surface area contributed by atoms with Crippen LogP contribution in [-0.4, -0.2) is 41.6 Å². The largest absolute Gasteiger partial charge is 0.508 e. The molecule has 2 aliphatic heterocycles. The van der Waals surface area contributed by atoms with E-state index >= 15 is 0 Å². The van der Waals surface area contributed by atoms with Crippen LogP contribution in [0.1, 0.15) is 45.6 Å². The predicted molar refractivity (Wildman–Crippen MR) is 120 cm³/mol. The van der Waals surface area contributed by atoms with E-state index in [1.165, 1.54) is 21.6 Å². The number of amides is 2. The van der Waals surface area contributed by atoms with Gasteiger partial charge in [-0.1, -0.05) is 42.7 Å². The third kappa shape index (κ3) is 3.94. The minimum atomic E-state index is -0.271. The number of ether oxygens (including phenoxy) is 1. The molecule has 0 unspecified atom stereocenters. The van der Waals surface area contributed by atoms with Gasteiger partial charge in [-0.2, -0.15) is 0 Å². The first-order chi connectivity index (χ1) is 14.7. The van der Waals surface area contributed by atoms with E-state index in [-0.39, 0.29) is 41.4 Å². The van der Waals surface area contributed by atoms with Gasteiger partial charge in [0.1, 0.15) is 5.75 Å². The number of rotatable bonds is 5. The standard InChI is InChI=1S/C25H30ClNO4/c1-13(2)17-11-18-23(25(30)27(4)24(18)29)19-12-31-21(22(17)19)8-5-14(3)9-15-6-7-16(28)10-20(15)26/h6-7,9-10,13,18-19,21,23,28H,5,8,11-12H2,1-4H3/b14-9+/t18-,19+,21-,23-/m1/s1. The van der Waals surface area contributed by atoms with Crippen LogP contribution in [0.4, 0.5) is 0 Å². The number of phenolic OH excluding ortho intramolecular Hbond substituents is 1. The third-order valence-electron chi connectivity index (χ3n) is 7.05. The number of carbonyl (C=O) groups excluding carboxylic acids is 2. The zero-order chi connectivity index (χ0) is 22.4. The first kappa shape index (κ1) is 22.1. The molecule has 0 saturated carbocycles. The summed E-state index contributed by atoms with van der Waals surface area (Å²) in [6.45, 7) is 6.91. The van der Waals surface area contributed by atoms with Gasteiger partial charge in [0, 0.05) is 13.0 Å². The highest BCUT2D eigenvalue weighted by atomic mass is 35.5. The molecule has 0 aromatic heterocycles. The number of likely N-dealkylation sites (tertiary alicyclic amines) is 1. The van der Waals surface area contributed by atoms with E-state index in [1.54, 1.807) is 19.2 Å². The number of fused-ring (bicyclic) bond motifs is 3. The molecule has 2 fully saturated rings. The molecule has 4 rings (SSSR count). The fraction of sp³-hybridized carbons (Fsp3) is 0.520. The van der Waals surface area contributed by atoms with Crippen molar-refractivity contribution in [1.29, 1.82) is 0 Å². The highest BCUT2D eigenvalue weighted by molar-refractivity contribution is 6.32. The summed E-state index contributed by atoms with van der Waals surface area (Å²) in [7, 11) is 1.60. The molecule has 5 nitrogen and oxygen atoms in total. The Bertz CT molecular complexity index is 980. The highest BCUT2D eigenvalue weighted by Crippen LogP contribution is 2.51. The smallest absolute Gasteiger partial charge is 0.233 e. The number of allylic oxidation sites excluding steroid dienone is 2. The second kappa shape index (κ2) is 8.44. The maximum Gasteiger partial charge on any atom is 0.233 e. The summed E-state index contributed by atoms with van der Waals surface area (Å²) in [6.07, 6.45) is 4.35. The Morgan fingerprint density at radius 2 is 2.03 bits per heavy atom. The summed E-state index contributed by atoms with van der Waals surface area (Å²) in [6, 6.07) is 4.98. The van der Waals surface area contributed by atoms with Gasteiger partial charge in [0.15, 0.2) is 0 Å². The van der Waals surface area contributed by atoms with Gasteiger partial charge in [-0.05, 0) is 61.4 Å². The molecule has 0 spiro atoms. The minimum absolute atomic E-state index is 0.0124. The van der Waals surface area contributed by atoms with Crippen LogP contribution in [-0.2, 0) is 14.3 Å². The van der Waals surface area contributed by atoms with Gasteiger partial charge >= 0.3 is 0 Å². The maximum atomic E-state index is 12.8. The van der Waals surface area contributed by atoms with Crippen LogP contribution in [0.2, 0.25) is 5.02 Å². The zero-order valence-corrected chi connectivity index (χ0v) is 19.3. The Hall–Kier alpha value is -2.11. The molecular formula is C25H30ClNO4. The minimum Gasteiger partial charge on any atom is -0.508 e. The van der Waals surface area contributed by atoms with E-state index in [9.17, 15) is 14.7 Å². The second-order valence-electron chi connectivity index (χ2n) is 9.37. The zero-order valence-electron chi connectivity index (χ0n) is 18.5. The Kier molecular flexibility index (Phi) is 6.01. The number of imide groups is 1. The summed E-state index contributed by atoms with van der Waals surface area (Å²) < 4.78 is 6.22. The average molecular weight is 444 g/mol. The van der Waals surface area contributed by atoms with Crippen molar-refractivity contribution in [3.8, 4) is 5.75 Å². The number of halogens is 1. The van der Waals surface area contributed by atoms with Crippen LogP contribution in [0.15, 0.2) is 34.9 Å². The van der Waals surface area contributed by atoms with E-state index in [1.807, 2.05) is 12.1 Å². The number of benzene rings is 1. The fourth-order valence-electron chi connectivity index (χ4n) is 5.45. The first-order valence-electron chi connectivity index (χ1n) is 11.0. The summed E-state index contributed by atoms with van der Waals surface area (Å²) in [5.74, 6) is -0.110. The molecule has 6 heteroatoms. The molecule has 166 valence electrons. The number of hydrogen-bond donors (Lipinski definition) is 1. The van der Waals surface area contributed by atoms with Gasteiger partial charge in [0.25, 0.3) is 0 Å². The predicted octanol–water partition coefficient (Wildman–Crippen LogP) is 4.83. The van der Waals surface area contributed by atoms with E-state index < -0.39 is 0 Å². The lowest BCUT2D eigenvalue weighted by Gasteiger charge is -2.33. The van der Waals surface area contributed by atoms with Crippen molar-refractivity contribution in [2.75, 3.05) is 13.7 Å². The lowest BCUT2D eigenvalue weighted by molar-refractivity contribution is -0.138. The van der Waals surface area contributed by atoms with Crippen molar-refractivity contribution < 1.29 is 19.4 Å². The summed E-state index contributed by atoms with van der Waals surface area (Å²) >= 11 is 6.23. The fourth-order valence-corrected chi connectivity index (χ4v) is 5.68. The number of aromatic hydroxyl groups is 1. The normalized spacial score (nSPS) is 28.6. The van der Waals surface area contributed by atoms with Gasteiger partial charge in [0.05, 0.1) is 29.6 Å². The molecule has 2 saturated heterocycles. The van der Waals surface area contributed by atoms with Crippen LogP contribution in [0.3, 0.4) is 0 Å². The van der Waals surface area contributed by atoms with Crippen molar-refractivity contribution >= 4 is 29.5 Å². The van der Waals surface area contributed by atoms with Crippen molar-refractivity contribution in [2.45, 2.75) is 46.1 Å². The lowest BCUT2D eigenvalue weighted by Crippen LogP contribution is -2.34. The van der Waals surface area contributed by atoms with E-state index in [2.05, 4.69) is 20.8 Å². The second-order valence-corrected chi connectivity index (χ2v) is 9.78. The van der Waals surface area contributed by atoms with Gasteiger partial charge in [-0.3, -0.25) is 14.5 Å². The van der Waals surface area contributed by atoms with Gasteiger partial charge < -0.3 is 9.84 Å². The molecule has 0 bridgehead atoms. The SMILES string of the molecule is C/C(=C\c1ccc(O)cc1Cl)CC[C@H]1OC[C@H]2C1=C(C(C)C)C[C@H]1C(=O)N(C)C(=O)[C@H]12. The van der Waals surface area contributed by atoms with Crippen molar-refractivity contribution in [1.82, 2.24) is 4.90 Å². The molecule has 1 N–H and O–H groups in total. The monoisotopic (exact) mass is 443 g/mol. The molecular weight excluding hydrogens is 414 g/mol. The average Bonchev–Trinajstić information content (AvgIpc) is 3.23. The third-order valence-corrected chi connectivity index (χ3v) is 7.38. The first-order valence-corrected chi connectivity index (χ1v) is 11.4. The maximum absolute atomic E-state index is 12.8. The van der Waals surface area contributed by atoms with Crippen LogP contribution < -0.4 is 0 Å². The van der Waals surface area contributed by atoms with E-state index in [4.69, 9.17) is 16.3 Å². The quantitative estimate of drug-likeness (QED) is 0.522.